The number of aromatic amines is 1. The van der Waals surface area contributed by atoms with Crippen molar-refractivity contribution >= 4 is 5.97 Å². The van der Waals surface area contributed by atoms with Crippen molar-refractivity contribution < 1.29 is 9.53 Å². The van der Waals surface area contributed by atoms with Crippen LogP contribution < -0.4 is 0 Å². The van der Waals surface area contributed by atoms with E-state index in [9.17, 15) is 4.79 Å². The van der Waals surface area contributed by atoms with E-state index in [0.29, 0.717) is 11.5 Å². The molecule has 5 nitrogen and oxygen atoms in total. The van der Waals surface area contributed by atoms with Crippen molar-refractivity contribution in [1.29, 1.82) is 0 Å². The van der Waals surface area contributed by atoms with Crippen LogP contribution in [0.4, 0.5) is 0 Å². The van der Waals surface area contributed by atoms with Gasteiger partial charge in [-0.25, -0.2) is 9.78 Å². The van der Waals surface area contributed by atoms with E-state index in [1.54, 1.807) is 6.20 Å². The molecule has 1 N–H and O–H groups in total. The molecule has 0 aliphatic rings. The number of hydrogen-bond acceptors (Lipinski definition) is 4. The Kier molecular flexibility index (Phi) is 2.68. The normalized spacial score (nSPS) is 10.1. The van der Waals surface area contributed by atoms with Crippen LogP contribution in [0.5, 0.6) is 0 Å². The molecule has 2 aromatic heterocycles. The minimum Gasteiger partial charge on any atom is -0.464 e. The molecule has 0 unspecified atom stereocenters. The lowest BCUT2D eigenvalue weighted by molar-refractivity contribution is 0.0595. The Morgan fingerprint density at radius 3 is 2.94 bits per heavy atom. The number of rotatable bonds is 2. The Morgan fingerprint density at radius 2 is 2.25 bits per heavy atom. The number of nitrogens with zero attached hydrogens (tertiary/aromatic N) is 2. The predicted octanol–water partition coefficient (Wildman–Crippen LogP) is 1.57. The molecule has 82 valence electrons. The van der Waals surface area contributed by atoms with Gasteiger partial charge < -0.3 is 9.72 Å². The molecule has 0 amide bonds. The molecule has 0 aliphatic heterocycles. The molecule has 0 radical (unpaired) electrons. The van der Waals surface area contributed by atoms with Gasteiger partial charge >= 0.3 is 5.97 Å². The molecule has 2 rings (SSSR count). The van der Waals surface area contributed by atoms with Gasteiger partial charge in [0.1, 0.15) is 11.4 Å². The third-order valence-electron chi connectivity index (χ3n) is 2.21. The van der Waals surface area contributed by atoms with Crippen LogP contribution in [-0.4, -0.2) is 28.0 Å². The molecule has 0 spiro atoms. The second kappa shape index (κ2) is 4.14. The van der Waals surface area contributed by atoms with Crippen molar-refractivity contribution in [3.8, 4) is 11.5 Å². The van der Waals surface area contributed by atoms with Crippen LogP contribution in [-0.2, 0) is 4.74 Å². The zero-order valence-electron chi connectivity index (χ0n) is 9.02. The van der Waals surface area contributed by atoms with Crippen molar-refractivity contribution in [1.82, 2.24) is 15.0 Å². The monoisotopic (exact) mass is 217 g/mol. The topological polar surface area (TPSA) is 67.9 Å². The lowest BCUT2D eigenvalue weighted by Crippen LogP contribution is -2.01. The molecule has 0 saturated carbocycles. The second-order valence-electron chi connectivity index (χ2n) is 3.31. The van der Waals surface area contributed by atoms with Gasteiger partial charge in [-0.3, -0.25) is 4.98 Å². The number of aryl methyl sites for hydroxylation is 1. The molecule has 0 bridgehead atoms. The molecular formula is C11H11N3O2. The number of esters is 1. The van der Waals surface area contributed by atoms with E-state index in [-0.39, 0.29) is 0 Å². The maximum absolute atomic E-state index is 11.2. The molecule has 5 heteroatoms. The second-order valence-corrected chi connectivity index (χ2v) is 3.31. The fraction of sp³-hybridized carbons (Fsp3) is 0.182. The van der Waals surface area contributed by atoms with E-state index in [2.05, 4.69) is 19.7 Å². The molecule has 0 atom stereocenters. The zero-order chi connectivity index (χ0) is 11.5. The summed E-state index contributed by atoms with van der Waals surface area (Å²) in [6.45, 7) is 1.93. The highest BCUT2D eigenvalue weighted by atomic mass is 16.5. The van der Waals surface area contributed by atoms with Crippen LogP contribution in [0.25, 0.3) is 11.5 Å². The molecule has 2 heterocycles. The van der Waals surface area contributed by atoms with Gasteiger partial charge in [0.25, 0.3) is 0 Å². The lowest BCUT2D eigenvalue weighted by atomic mass is 10.2. The molecule has 2 aromatic rings. The molecule has 0 saturated heterocycles. The summed E-state index contributed by atoms with van der Waals surface area (Å²) in [5.74, 6) is 0.130. The third-order valence-corrected chi connectivity index (χ3v) is 2.21. The van der Waals surface area contributed by atoms with Gasteiger partial charge in [-0.05, 0) is 18.6 Å². The van der Waals surface area contributed by atoms with Gasteiger partial charge in [-0.1, -0.05) is 6.07 Å². The van der Waals surface area contributed by atoms with Gasteiger partial charge in [-0.15, -0.1) is 0 Å². The first-order chi connectivity index (χ1) is 7.72. The Morgan fingerprint density at radius 1 is 1.44 bits per heavy atom. The summed E-state index contributed by atoms with van der Waals surface area (Å²) in [6, 6.07) is 3.78. The summed E-state index contributed by atoms with van der Waals surface area (Å²) in [4.78, 5) is 22.4. The fourth-order valence-electron chi connectivity index (χ4n) is 1.39. The Hall–Kier alpha value is -2.17. The molecular weight excluding hydrogens is 206 g/mol. The first-order valence-electron chi connectivity index (χ1n) is 4.77. The van der Waals surface area contributed by atoms with Crippen LogP contribution in [0, 0.1) is 6.92 Å². The Bertz CT molecular complexity index is 519. The van der Waals surface area contributed by atoms with E-state index >= 15 is 0 Å². The highest BCUT2D eigenvalue weighted by molar-refractivity contribution is 5.87. The van der Waals surface area contributed by atoms with Crippen LogP contribution >= 0.6 is 0 Å². The number of H-pyrrole nitrogens is 1. The van der Waals surface area contributed by atoms with E-state index in [1.807, 2.05) is 19.1 Å². The fourth-order valence-corrected chi connectivity index (χ4v) is 1.39. The molecule has 0 aliphatic carbocycles. The standard InChI is InChI=1S/C11H11N3O2/c1-7-4-3-5-12-9(7)10-13-6-8(14-10)11(15)16-2/h3-6H,1-2H3,(H,13,14). The number of imidazole rings is 1. The van der Waals surface area contributed by atoms with Crippen molar-refractivity contribution in [2.45, 2.75) is 6.92 Å². The summed E-state index contributed by atoms with van der Waals surface area (Å²) in [6.07, 6.45) is 3.12. The number of aromatic nitrogens is 3. The van der Waals surface area contributed by atoms with Crippen molar-refractivity contribution in [3.05, 3.63) is 35.8 Å². The van der Waals surface area contributed by atoms with Gasteiger partial charge in [0.05, 0.1) is 13.3 Å². The van der Waals surface area contributed by atoms with Gasteiger partial charge in [0.15, 0.2) is 5.82 Å². The zero-order valence-corrected chi connectivity index (χ0v) is 9.02. The average molecular weight is 217 g/mol. The van der Waals surface area contributed by atoms with Crippen LogP contribution in [0.1, 0.15) is 16.1 Å². The number of pyridine rings is 1. The maximum atomic E-state index is 11.2. The lowest BCUT2D eigenvalue weighted by Gasteiger charge is -1.99. The minimum absolute atomic E-state index is 0.322. The predicted molar refractivity (Wildman–Crippen MR) is 57.9 cm³/mol. The summed E-state index contributed by atoms with van der Waals surface area (Å²) in [7, 11) is 1.33. The number of ether oxygens (including phenoxy) is 1. The maximum Gasteiger partial charge on any atom is 0.356 e. The van der Waals surface area contributed by atoms with Gasteiger partial charge in [0, 0.05) is 6.20 Å². The Labute approximate surface area is 92.5 Å². The van der Waals surface area contributed by atoms with Crippen LogP contribution in [0.3, 0.4) is 0 Å². The smallest absolute Gasteiger partial charge is 0.356 e. The highest BCUT2D eigenvalue weighted by Crippen LogP contribution is 2.16. The van der Waals surface area contributed by atoms with Crippen LogP contribution in [0.15, 0.2) is 24.5 Å². The number of carbonyl (C=O) groups is 1. The number of methoxy groups -OCH3 is 1. The number of nitrogens with one attached hydrogen (secondary N) is 1. The number of hydrogen-bond donors (Lipinski definition) is 1. The minimum atomic E-state index is -0.438. The summed E-state index contributed by atoms with van der Waals surface area (Å²) in [5, 5.41) is 0. The molecule has 0 fully saturated rings. The summed E-state index contributed by atoms with van der Waals surface area (Å²) in [5.41, 5.74) is 2.05. The summed E-state index contributed by atoms with van der Waals surface area (Å²) >= 11 is 0. The highest BCUT2D eigenvalue weighted by Gasteiger charge is 2.12. The average Bonchev–Trinajstić information content (AvgIpc) is 2.78. The van der Waals surface area contributed by atoms with E-state index in [0.717, 1.165) is 11.3 Å². The molecule has 0 aromatic carbocycles. The van der Waals surface area contributed by atoms with Gasteiger partial charge in [-0.2, -0.15) is 0 Å². The van der Waals surface area contributed by atoms with Gasteiger partial charge in [0.2, 0.25) is 0 Å². The Balaban J connectivity index is 2.39. The van der Waals surface area contributed by atoms with E-state index in [1.165, 1.54) is 13.3 Å². The SMILES string of the molecule is COC(=O)c1cnc(-c2ncccc2C)[nH]1. The number of carbonyl (C=O) groups excluding carboxylic acids is 1. The molecule has 16 heavy (non-hydrogen) atoms. The van der Waals surface area contributed by atoms with Crippen molar-refractivity contribution in [2.75, 3.05) is 7.11 Å². The summed E-state index contributed by atoms with van der Waals surface area (Å²) < 4.78 is 4.59. The van der Waals surface area contributed by atoms with Crippen LogP contribution in [0.2, 0.25) is 0 Å². The van der Waals surface area contributed by atoms with E-state index < -0.39 is 5.97 Å². The van der Waals surface area contributed by atoms with Crippen molar-refractivity contribution in [3.63, 3.8) is 0 Å². The van der Waals surface area contributed by atoms with Crippen molar-refractivity contribution in [2.24, 2.45) is 0 Å². The quantitative estimate of drug-likeness (QED) is 0.775. The largest absolute Gasteiger partial charge is 0.464 e. The first kappa shape index (κ1) is 10.4. The van der Waals surface area contributed by atoms with E-state index in [4.69, 9.17) is 0 Å². The third kappa shape index (κ3) is 1.79. The first-order valence-corrected chi connectivity index (χ1v) is 4.77.